The Hall–Kier alpha value is -15.9. The third-order valence-electron chi connectivity index (χ3n) is 18.5. The maximum atomic E-state index is 14.2. The zero-order chi connectivity index (χ0) is 85.6. The highest BCUT2D eigenvalue weighted by Crippen LogP contribution is 2.35. The number of rotatable bonds is 28. The predicted octanol–water partition coefficient (Wildman–Crippen LogP) is 13.5. The van der Waals surface area contributed by atoms with Crippen molar-refractivity contribution >= 4 is 106 Å². The lowest BCUT2D eigenvalue weighted by molar-refractivity contribution is -0.134. The van der Waals surface area contributed by atoms with Gasteiger partial charge in [-0.25, -0.2) is 14.4 Å². The Morgan fingerprint density at radius 2 is 0.528 bits per heavy atom. The van der Waals surface area contributed by atoms with Gasteiger partial charge in [0.05, 0.1) is 19.6 Å². The van der Waals surface area contributed by atoms with Crippen molar-refractivity contribution < 1.29 is 43.0 Å². The van der Waals surface area contributed by atoms with Gasteiger partial charge in [-0.2, -0.15) is 74.5 Å². The van der Waals surface area contributed by atoms with Crippen molar-refractivity contribution in [3.05, 3.63) is 308 Å². The first kappa shape index (κ1) is 83.6. The molecule has 0 spiro atoms. The van der Waals surface area contributed by atoms with Crippen LogP contribution in [0.5, 0.6) is 0 Å². The summed E-state index contributed by atoms with van der Waals surface area (Å²) >= 11 is 0. The van der Waals surface area contributed by atoms with Crippen LogP contribution in [0.4, 0.5) is 84.7 Å². The summed E-state index contributed by atoms with van der Waals surface area (Å²) in [6, 6.07) is 74.9. The molecule has 35 heteroatoms. The van der Waals surface area contributed by atoms with Gasteiger partial charge in [-0.3, -0.25) is 42.8 Å². The molecule has 17 rings (SSSR count). The highest BCUT2D eigenvalue weighted by atomic mass is 16.5. The van der Waals surface area contributed by atoms with Gasteiger partial charge in [0.2, 0.25) is 84.1 Å². The predicted molar refractivity (Wildman–Crippen MR) is 461 cm³/mol. The van der Waals surface area contributed by atoms with E-state index < -0.39 is 72.3 Å². The van der Waals surface area contributed by atoms with Crippen molar-refractivity contribution in [1.29, 1.82) is 0 Å². The van der Waals surface area contributed by atoms with E-state index in [1.54, 1.807) is 112 Å². The number of carbonyl (C=O) groups excluding carboxylic acids is 6. The summed E-state index contributed by atoms with van der Waals surface area (Å²) in [5.74, 6) is 0.450. The molecule has 7 aromatic heterocycles. The second-order valence-electron chi connectivity index (χ2n) is 27.3. The summed E-state index contributed by atoms with van der Waals surface area (Å²) < 4.78 is 22.8. The van der Waals surface area contributed by atoms with E-state index in [0.717, 1.165) is 35.0 Å². The third-order valence-corrected chi connectivity index (χ3v) is 18.5. The van der Waals surface area contributed by atoms with Gasteiger partial charge >= 0.3 is 18.1 Å². The number of nitrogens with zero attached hydrogens (tertiary/aromatic N) is 22. The lowest BCUT2D eigenvalue weighted by Crippen LogP contribution is -2.39. The van der Waals surface area contributed by atoms with Crippen molar-refractivity contribution in [2.45, 2.75) is 72.4 Å². The summed E-state index contributed by atoms with van der Waals surface area (Å²) in [7, 11) is 3.79. The fourth-order valence-electron chi connectivity index (χ4n) is 12.7. The largest absolute Gasteiger partial charge is 0.350 e. The van der Waals surface area contributed by atoms with Crippen LogP contribution >= 0.6 is 0 Å². The number of aromatic nitrogens is 15. The van der Waals surface area contributed by atoms with Crippen LogP contribution in [0, 0.1) is 0 Å². The molecule has 35 nitrogen and oxygen atoms in total. The molecule has 123 heavy (non-hydrogen) atoms. The molecule has 3 fully saturated rings. The summed E-state index contributed by atoms with van der Waals surface area (Å²) in [6.07, 6.45) is 7.97. The Balaban J connectivity index is 0.000000152. The molecule has 0 aliphatic carbocycles. The summed E-state index contributed by atoms with van der Waals surface area (Å²) in [5.41, 5.74) is 5.80. The minimum atomic E-state index is -1.41. The number of hydrogen-bond donors (Lipinski definition) is 4. The minimum absolute atomic E-state index is 0.0431. The minimum Gasteiger partial charge on any atom is -0.350 e. The molecule has 3 aliphatic heterocycles. The molecular weight excluding hydrogens is 1570 g/mol. The molecule has 0 saturated carbocycles. The number of urea groups is 3. The van der Waals surface area contributed by atoms with Crippen LogP contribution in [0.2, 0.25) is 0 Å². The molecule has 14 aromatic rings. The first-order chi connectivity index (χ1) is 60.1. The lowest BCUT2D eigenvalue weighted by atomic mass is 10.2. The van der Waals surface area contributed by atoms with Gasteiger partial charge in [0.1, 0.15) is 5.82 Å². The number of anilines is 12. The van der Waals surface area contributed by atoms with Crippen LogP contribution < -0.4 is 40.9 Å². The maximum absolute atomic E-state index is 14.2. The molecule has 0 bridgehead atoms. The Kier molecular flexibility index (Phi) is 27.2. The van der Waals surface area contributed by atoms with Gasteiger partial charge in [-0.1, -0.05) is 171 Å². The second kappa shape index (κ2) is 40.0. The van der Waals surface area contributed by atoms with Crippen LogP contribution in [0.3, 0.4) is 0 Å². The van der Waals surface area contributed by atoms with E-state index in [9.17, 15) is 28.8 Å². The number of ether oxygens (including phenoxy) is 3. The van der Waals surface area contributed by atoms with Crippen molar-refractivity contribution in [3.8, 4) is 17.8 Å². The number of carbonyl (C=O) groups is 6. The molecule has 3 saturated heterocycles. The molecule has 4 N–H and O–H groups in total. The molecule has 622 valence electrons. The number of benzene rings is 7. The van der Waals surface area contributed by atoms with Crippen molar-refractivity contribution in [2.24, 2.45) is 0 Å². The molecule has 7 aromatic carbocycles. The third kappa shape index (κ3) is 20.6. The average molecular weight is 1650 g/mol. The number of nitrogens with one attached hydrogen (secondary N) is 4. The molecule has 0 radical (unpaired) electrons. The summed E-state index contributed by atoms with van der Waals surface area (Å²) in [4.78, 5) is 145. The monoisotopic (exact) mass is 1650 g/mol. The smallest absolute Gasteiger partial charge is 0.336 e. The van der Waals surface area contributed by atoms with Crippen molar-refractivity contribution in [2.75, 3.05) is 74.8 Å². The lowest BCUT2D eigenvalue weighted by Gasteiger charge is -2.22. The quantitative estimate of drug-likeness (QED) is 0.0331. The SMILES string of the molecule is CCOC1C(=O)N(c2nc(N3C(=O)C(OCC)N(Cc4ccccc4)C3=O)nc(N3C(=O)C(OCC)N(Cc4ccccc4)C3=O)n2)C(=O)N1Cc1ccccc1.CCc1nc(Nc2ccccc2)nc(Nc2ccccc2)n1.CN(C)c1nc(Nc2ccccc2)nc(Nc2ccccc2)n1.c1ccn(-c2nc(-n3cccc3)nc(-n3cccc3)n2)c1. The van der Waals surface area contributed by atoms with Crippen LogP contribution in [-0.4, -0.2) is 177 Å². The molecule has 9 amide bonds. The molecule has 3 aliphatic rings. The standard InChI is InChI=1S/C39H39N9O9.C17H18N6.C17H17N5.C15H12N6/c1-4-55-31-28(49)46(37(52)43(31)22-25-16-10-7-11-17-25)34-40-35(47-29(50)32(56-5-2)44(38(47)53)23-26-18-12-8-13-19-26)42-36(41-34)48-30(51)33(57-6-3)45(39(48)54)24-27-20-14-9-15-21-27;1-23(2)17-21-15(18-13-9-5-3-6-10-13)20-16(22-17)19-14-11-7-4-8-12-14;1-2-15-20-16(18-13-9-5-3-6-10-13)22-17(21-15)19-14-11-7-4-8-12-14;1-2-8-19(7-1)13-16-14(20-9-3-4-10-20)18-15(17-13)21-11-5-6-12-21/h7-21,31-33H,4-6,22-24H2,1-3H3;3-12H,1-2H3,(H2,18,19,20,21,22);3-12H,2H2,1H3,(H2,18,19,20,21,22);1-12H. The molecule has 10 heterocycles. The number of aryl methyl sites for hydroxylation is 1. The normalized spacial score (nSPS) is 14.8. The van der Waals surface area contributed by atoms with E-state index >= 15 is 0 Å². The van der Waals surface area contributed by atoms with Crippen LogP contribution in [0.1, 0.15) is 50.2 Å². The first-order valence-electron chi connectivity index (χ1n) is 39.4. The zero-order valence-electron chi connectivity index (χ0n) is 67.8. The van der Waals surface area contributed by atoms with Gasteiger partial charge in [-0.05, 0) is 122 Å². The van der Waals surface area contributed by atoms with E-state index in [1.807, 2.05) is 235 Å². The van der Waals surface area contributed by atoms with Crippen LogP contribution in [-0.2, 0) is 54.6 Å². The van der Waals surface area contributed by atoms with Gasteiger partial charge in [0.25, 0.3) is 17.7 Å². The number of imide groups is 3. The maximum Gasteiger partial charge on any atom is 0.336 e. The number of para-hydroxylation sites is 4. The number of amides is 9. The fourth-order valence-corrected chi connectivity index (χ4v) is 12.7. The highest BCUT2D eigenvalue weighted by Gasteiger charge is 2.53. The van der Waals surface area contributed by atoms with Gasteiger partial charge in [0, 0.05) is 100 Å². The molecule has 3 atom stereocenters. The molecular formula is C88H86N26O9. The van der Waals surface area contributed by atoms with Crippen LogP contribution in [0.25, 0.3) is 17.8 Å². The average Bonchev–Trinajstić information content (AvgIpc) is 1.59. The molecule has 3 unspecified atom stereocenters. The second-order valence-corrected chi connectivity index (χ2v) is 27.3. The van der Waals surface area contributed by atoms with E-state index in [-0.39, 0.29) is 39.5 Å². The summed E-state index contributed by atoms with van der Waals surface area (Å²) in [5, 5.41) is 12.8. The number of hydrogen-bond acceptors (Lipinski definition) is 26. The Bertz CT molecular complexity index is 5350. The fraction of sp³-hybridized carbons (Fsp3) is 0.182. The van der Waals surface area contributed by atoms with Crippen LogP contribution in [0.15, 0.2) is 286 Å². The zero-order valence-corrected chi connectivity index (χ0v) is 67.8. The first-order valence-corrected chi connectivity index (χ1v) is 39.4. The van der Waals surface area contributed by atoms with Gasteiger partial charge in [-0.15, -0.1) is 0 Å². The van der Waals surface area contributed by atoms with Gasteiger partial charge in [0.15, 0.2) is 0 Å². The van der Waals surface area contributed by atoms with Gasteiger partial charge < -0.3 is 40.4 Å². The topological polar surface area (TPSA) is 370 Å². The summed E-state index contributed by atoms with van der Waals surface area (Å²) in [6.45, 7) is 7.01. The highest BCUT2D eigenvalue weighted by molar-refractivity contribution is 6.23. The van der Waals surface area contributed by atoms with E-state index in [4.69, 9.17) is 14.2 Å². The Morgan fingerprint density at radius 1 is 0.293 bits per heavy atom. The van der Waals surface area contributed by atoms with E-state index in [1.165, 1.54) is 14.7 Å². The van der Waals surface area contributed by atoms with Crippen molar-refractivity contribution in [1.82, 2.24) is 88.2 Å². The van der Waals surface area contributed by atoms with E-state index in [0.29, 0.717) is 79.0 Å². The Morgan fingerprint density at radius 3 is 0.764 bits per heavy atom. The van der Waals surface area contributed by atoms with Crippen molar-refractivity contribution in [3.63, 3.8) is 0 Å². The Labute approximate surface area is 707 Å². The van der Waals surface area contributed by atoms with E-state index in [2.05, 4.69) is 81.1 Å².